The minimum Gasteiger partial charge on any atom is -0.748 e. The van der Waals surface area contributed by atoms with E-state index in [1.54, 1.807) is 0 Å². The van der Waals surface area contributed by atoms with Crippen molar-refractivity contribution < 1.29 is 129 Å². The summed E-state index contributed by atoms with van der Waals surface area (Å²) >= 11 is 0. The molecule has 0 saturated heterocycles. The van der Waals surface area contributed by atoms with Crippen LogP contribution < -0.4 is 93.8 Å². The molecule has 0 spiro atoms. The van der Waals surface area contributed by atoms with Crippen LogP contribution >= 0.6 is 0 Å². The molecule has 0 fully saturated rings. The third-order valence-electron chi connectivity index (χ3n) is 4.74. The van der Waals surface area contributed by atoms with Gasteiger partial charge in [-0.1, -0.05) is 71.1 Å². The van der Waals surface area contributed by atoms with E-state index in [-0.39, 0.29) is 108 Å². The summed E-state index contributed by atoms with van der Waals surface area (Å²) in [5.41, 5.74) is 0. The van der Waals surface area contributed by atoms with Gasteiger partial charge in [-0.2, -0.15) is 0 Å². The molecule has 2 unspecified atom stereocenters. The maximum atomic E-state index is 11.7. The summed E-state index contributed by atoms with van der Waals surface area (Å²) in [6.45, 7) is 2.07. The largest absolute Gasteiger partial charge is 1.00 e. The van der Waals surface area contributed by atoms with Gasteiger partial charge in [0.15, 0.2) is 0 Å². The van der Waals surface area contributed by atoms with E-state index in [9.17, 15) is 35.8 Å². The molecule has 0 aliphatic rings. The fourth-order valence-electron chi connectivity index (χ4n) is 3.23. The van der Waals surface area contributed by atoms with Gasteiger partial charge in [0.25, 0.3) is 0 Å². The average molecular weight is 527 g/mol. The molecular formula is C18H33Na3O9S2. The zero-order valence-electron chi connectivity index (χ0n) is 20.0. The Kier molecular flexibility index (Phi) is 30.6. The summed E-state index contributed by atoms with van der Waals surface area (Å²) in [5.74, 6) is -1.13. The first kappa shape index (κ1) is 41.4. The van der Waals surface area contributed by atoms with E-state index in [0.29, 0.717) is 38.5 Å². The van der Waals surface area contributed by atoms with E-state index < -0.39 is 37.8 Å². The topological polar surface area (TPSA) is 164 Å². The SMILES string of the molecule is CCCCCCCCC(OS(=O)(=O)[O-])C(CCCCCCCC(=O)[O-])S(=O)(=O)[O-].[Na+].[Na+].[Na+]. The molecule has 0 saturated carbocycles. The zero-order chi connectivity index (χ0) is 22.3. The Labute approximate surface area is 260 Å². The van der Waals surface area contributed by atoms with Gasteiger partial charge >= 0.3 is 88.7 Å². The van der Waals surface area contributed by atoms with Crippen LogP contribution in [0.1, 0.15) is 96.8 Å². The van der Waals surface area contributed by atoms with Crippen molar-refractivity contribution >= 4 is 26.5 Å². The van der Waals surface area contributed by atoms with Crippen LogP contribution in [-0.2, 0) is 29.5 Å². The van der Waals surface area contributed by atoms with Crippen molar-refractivity contribution in [1.29, 1.82) is 0 Å². The molecule has 9 nitrogen and oxygen atoms in total. The van der Waals surface area contributed by atoms with Gasteiger partial charge in [0.05, 0.1) is 11.4 Å². The Morgan fingerprint density at radius 2 is 1.19 bits per heavy atom. The molecular weight excluding hydrogens is 493 g/mol. The molecule has 0 bridgehead atoms. The van der Waals surface area contributed by atoms with Crippen molar-refractivity contribution in [2.75, 3.05) is 0 Å². The van der Waals surface area contributed by atoms with Crippen LogP contribution in [0.5, 0.6) is 0 Å². The van der Waals surface area contributed by atoms with Crippen LogP contribution in [0.3, 0.4) is 0 Å². The first-order valence-electron chi connectivity index (χ1n) is 10.3. The minimum atomic E-state index is -5.15. The number of carboxylic acids is 1. The van der Waals surface area contributed by atoms with Gasteiger partial charge in [0.1, 0.15) is 10.1 Å². The Balaban J connectivity index is -0.00000131. The predicted octanol–water partition coefficient (Wildman–Crippen LogP) is -7.01. The molecule has 0 aromatic carbocycles. The molecule has 2 atom stereocenters. The van der Waals surface area contributed by atoms with Crippen molar-refractivity contribution in [2.24, 2.45) is 0 Å². The second kappa shape index (κ2) is 23.6. The van der Waals surface area contributed by atoms with E-state index in [1.165, 1.54) is 0 Å². The second-order valence-corrected chi connectivity index (χ2v) is 9.91. The van der Waals surface area contributed by atoms with Gasteiger partial charge in [-0.25, -0.2) is 16.8 Å². The van der Waals surface area contributed by atoms with E-state index in [4.69, 9.17) is 0 Å². The number of unbranched alkanes of at least 4 members (excludes halogenated alkanes) is 9. The third kappa shape index (κ3) is 25.3. The van der Waals surface area contributed by atoms with Crippen molar-refractivity contribution in [1.82, 2.24) is 0 Å². The summed E-state index contributed by atoms with van der Waals surface area (Å²) in [4.78, 5) is 10.3. The van der Waals surface area contributed by atoms with Crippen LogP contribution in [0.25, 0.3) is 0 Å². The number of rotatable bonds is 19. The first-order chi connectivity index (χ1) is 13.5. The fourth-order valence-corrected chi connectivity index (χ4v) is 4.86. The maximum Gasteiger partial charge on any atom is 1.00 e. The molecule has 0 aromatic heterocycles. The number of carbonyl (C=O) groups is 1. The molecule has 14 heteroatoms. The van der Waals surface area contributed by atoms with Gasteiger partial charge < -0.3 is 19.0 Å². The molecule has 0 aliphatic carbocycles. The molecule has 0 aromatic rings. The van der Waals surface area contributed by atoms with E-state index >= 15 is 0 Å². The van der Waals surface area contributed by atoms with E-state index in [0.717, 1.165) is 32.1 Å². The Morgan fingerprint density at radius 1 is 0.750 bits per heavy atom. The summed E-state index contributed by atoms with van der Waals surface area (Å²) in [6.07, 6.45) is 6.15. The van der Waals surface area contributed by atoms with Gasteiger partial charge in [-0.3, -0.25) is 4.18 Å². The van der Waals surface area contributed by atoms with E-state index in [2.05, 4.69) is 11.1 Å². The fraction of sp³-hybridized carbons (Fsp3) is 0.944. The molecule has 0 amide bonds. The number of hydrogen-bond acceptors (Lipinski definition) is 9. The summed E-state index contributed by atoms with van der Waals surface area (Å²) < 4.78 is 72.5. The molecule has 0 N–H and O–H groups in total. The molecule has 0 aliphatic heterocycles. The average Bonchev–Trinajstić information content (AvgIpc) is 2.57. The predicted molar refractivity (Wildman–Crippen MR) is 103 cm³/mol. The number of carbonyl (C=O) groups excluding carboxylic acids is 1. The maximum absolute atomic E-state index is 11.7. The van der Waals surface area contributed by atoms with E-state index in [1.807, 2.05) is 0 Å². The van der Waals surface area contributed by atoms with Crippen LogP contribution in [0.2, 0.25) is 0 Å². The van der Waals surface area contributed by atoms with Crippen molar-refractivity contribution in [2.45, 2.75) is 108 Å². The number of hydrogen-bond donors (Lipinski definition) is 0. The summed E-state index contributed by atoms with van der Waals surface area (Å²) in [6, 6.07) is 0. The zero-order valence-corrected chi connectivity index (χ0v) is 27.7. The third-order valence-corrected chi connectivity index (χ3v) is 6.50. The van der Waals surface area contributed by atoms with Crippen LogP contribution in [-0.4, -0.2) is 43.3 Å². The summed E-state index contributed by atoms with van der Waals surface area (Å²) in [5, 5.41) is 8.73. The first-order valence-corrected chi connectivity index (χ1v) is 13.1. The molecule has 0 rings (SSSR count). The van der Waals surface area contributed by atoms with Crippen LogP contribution in [0, 0.1) is 0 Å². The normalized spacial score (nSPS) is 13.2. The van der Waals surface area contributed by atoms with Crippen molar-refractivity contribution in [3.63, 3.8) is 0 Å². The molecule has 32 heavy (non-hydrogen) atoms. The Bertz CT molecular complexity index is 659. The second-order valence-electron chi connectivity index (χ2n) is 7.31. The van der Waals surface area contributed by atoms with Gasteiger partial charge in [-0.15, -0.1) is 0 Å². The van der Waals surface area contributed by atoms with Gasteiger partial charge in [-0.05, 0) is 25.7 Å². The van der Waals surface area contributed by atoms with Crippen molar-refractivity contribution in [3.8, 4) is 0 Å². The quantitative estimate of drug-likeness (QED) is 0.0688. The minimum absolute atomic E-state index is 0. The molecule has 0 heterocycles. The van der Waals surface area contributed by atoms with Crippen molar-refractivity contribution in [3.05, 3.63) is 0 Å². The monoisotopic (exact) mass is 526 g/mol. The standard InChI is InChI=1S/C18H36O9S2.3Na/c1-2-3-4-5-7-10-13-16(27-29(24,25)26)17(28(21,22)23)14-11-8-6-9-12-15-18(19)20;;;/h16-17H,2-15H2,1H3,(H,19,20)(H,21,22,23)(H,24,25,26);;;/q;3*+1/p-3. The number of aliphatic carboxylic acids is 1. The molecule has 0 radical (unpaired) electrons. The Hall–Kier alpha value is 2.25. The molecule has 174 valence electrons. The van der Waals surface area contributed by atoms with Crippen LogP contribution in [0.15, 0.2) is 0 Å². The number of carboxylic acid groups (broad SMARTS) is 1. The van der Waals surface area contributed by atoms with Gasteiger partial charge in [0, 0.05) is 5.97 Å². The smallest absolute Gasteiger partial charge is 0.748 e. The summed E-state index contributed by atoms with van der Waals surface area (Å²) in [7, 11) is -10.0. The van der Waals surface area contributed by atoms with Crippen LogP contribution in [0.4, 0.5) is 0 Å². The Morgan fingerprint density at radius 3 is 1.62 bits per heavy atom. The van der Waals surface area contributed by atoms with Gasteiger partial charge in [0.2, 0.25) is 10.4 Å².